The number of hydrogen-bond donors (Lipinski definition) is 2. The topological polar surface area (TPSA) is 106 Å². The fourth-order valence-corrected chi connectivity index (χ4v) is 3.97. The van der Waals surface area contributed by atoms with Gasteiger partial charge in [-0.15, -0.1) is 11.3 Å². The highest BCUT2D eigenvalue weighted by atomic mass is 32.2. The van der Waals surface area contributed by atoms with Crippen LogP contribution in [0, 0.1) is 6.92 Å². The normalized spacial score (nSPS) is 11.3. The van der Waals surface area contributed by atoms with Crippen LogP contribution in [0.5, 0.6) is 0 Å². The molecule has 0 fully saturated rings. The summed E-state index contributed by atoms with van der Waals surface area (Å²) in [6.45, 7) is 1.74. The Kier molecular flexibility index (Phi) is 4.55. The van der Waals surface area contributed by atoms with Crippen LogP contribution in [-0.2, 0) is 17.1 Å². The average molecular weight is 377 g/mol. The van der Waals surface area contributed by atoms with Crippen molar-refractivity contribution in [1.82, 2.24) is 14.8 Å². The first-order valence-electron chi connectivity index (χ1n) is 7.19. The number of nitrogens with one attached hydrogen (secondary N) is 2. The number of hydrogen-bond acceptors (Lipinski definition) is 6. The van der Waals surface area contributed by atoms with Crippen LogP contribution in [0.25, 0.3) is 0 Å². The van der Waals surface area contributed by atoms with E-state index in [0.29, 0.717) is 22.1 Å². The monoisotopic (exact) mass is 377 g/mol. The second-order valence-corrected chi connectivity index (χ2v) is 7.80. The fourth-order valence-electron chi connectivity index (χ4n) is 2.19. The maximum Gasteiger partial charge on any atom is 0.263 e. The number of aromatic nitrogens is 3. The van der Waals surface area contributed by atoms with Gasteiger partial charge >= 0.3 is 0 Å². The van der Waals surface area contributed by atoms with Gasteiger partial charge in [-0.3, -0.25) is 14.2 Å². The summed E-state index contributed by atoms with van der Waals surface area (Å²) in [5, 5.41) is 8.81. The molecule has 0 saturated heterocycles. The zero-order valence-electron chi connectivity index (χ0n) is 13.4. The fraction of sp³-hybridized carbons (Fsp3) is 0.133. The van der Waals surface area contributed by atoms with Gasteiger partial charge in [0.1, 0.15) is 0 Å². The molecule has 1 aromatic carbocycles. The van der Waals surface area contributed by atoms with Crippen LogP contribution >= 0.6 is 11.3 Å². The molecule has 130 valence electrons. The van der Waals surface area contributed by atoms with E-state index in [-0.39, 0.29) is 10.8 Å². The van der Waals surface area contributed by atoms with E-state index in [1.54, 1.807) is 30.2 Å². The first-order valence-corrected chi connectivity index (χ1v) is 9.55. The van der Waals surface area contributed by atoms with Gasteiger partial charge in [-0.1, -0.05) is 0 Å². The number of carbonyl (C=O) groups is 1. The minimum absolute atomic E-state index is 0.0817. The van der Waals surface area contributed by atoms with E-state index in [1.165, 1.54) is 41.8 Å². The van der Waals surface area contributed by atoms with Gasteiger partial charge in [-0.05, 0) is 31.2 Å². The highest BCUT2D eigenvalue weighted by Gasteiger charge is 2.16. The third-order valence-corrected chi connectivity index (χ3v) is 5.51. The van der Waals surface area contributed by atoms with Crippen LogP contribution < -0.4 is 10.0 Å². The Morgan fingerprint density at radius 3 is 2.52 bits per heavy atom. The molecule has 0 aliphatic carbocycles. The first-order chi connectivity index (χ1) is 11.8. The molecule has 2 aromatic heterocycles. The number of benzene rings is 1. The van der Waals surface area contributed by atoms with E-state index in [2.05, 4.69) is 20.1 Å². The summed E-state index contributed by atoms with van der Waals surface area (Å²) in [5.41, 5.74) is 1.57. The van der Waals surface area contributed by atoms with Crippen molar-refractivity contribution >= 4 is 38.1 Å². The highest BCUT2D eigenvalue weighted by molar-refractivity contribution is 7.93. The van der Waals surface area contributed by atoms with E-state index >= 15 is 0 Å². The lowest BCUT2D eigenvalue weighted by Crippen LogP contribution is -2.14. The first kappa shape index (κ1) is 17.1. The zero-order valence-corrected chi connectivity index (χ0v) is 15.1. The molecule has 3 aromatic rings. The van der Waals surface area contributed by atoms with Gasteiger partial charge in [-0.25, -0.2) is 13.4 Å². The van der Waals surface area contributed by atoms with Gasteiger partial charge in [-0.2, -0.15) is 5.10 Å². The van der Waals surface area contributed by atoms with Crippen LogP contribution in [0.2, 0.25) is 0 Å². The number of rotatable bonds is 5. The number of sulfonamides is 1. The molecule has 2 heterocycles. The van der Waals surface area contributed by atoms with Gasteiger partial charge < -0.3 is 5.32 Å². The minimum atomic E-state index is -3.71. The molecule has 1 amide bonds. The van der Waals surface area contributed by atoms with Crippen LogP contribution in [0.15, 0.2) is 46.9 Å². The lowest BCUT2D eigenvalue weighted by molar-refractivity contribution is 0.102. The lowest BCUT2D eigenvalue weighted by Gasteiger charge is -2.07. The second-order valence-electron chi connectivity index (χ2n) is 5.22. The minimum Gasteiger partial charge on any atom is -0.322 e. The molecule has 0 saturated carbocycles. The number of amides is 1. The average Bonchev–Trinajstić information content (AvgIpc) is 3.16. The molecule has 3 rings (SSSR count). The van der Waals surface area contributed by atoms with E-state index in [4.69, 9.17) is 0 Å². The Labute approximate surface area is 148 Å². The highest BCUT2D eigenvalue weighted by Crippen LogP contribution is 2.20. The lowest BCUT2D eigenvalue weighted by atomic mass is 10.2. The van der Waals surface area contributed by atoms with Crippen molar-refractivity contribution < 1.29 is 13.2 Å². The second kappa shape index (κ2) is 6.65. The Morgan fingerprint density at radius 1 is 1.24 bits per heavy atom. The number of nitrogens with zero attached hydrogens (tertiary/aromatic N) is 3. The van der Waals surface area contributed by atoms with E-state index in [9.17, 15) is 13.2 Å². The number of anilines is 2. The SMILES string of the molecule is Cc1nn(C)cc1C(=O)Nc1ccc(S(=O)(=O)Nc2nccs2)cc1. The molecule has 0 spiro atoms. The smallest absolute Gasteiger partial charge is 0.263 e. The van der Waals surface area contributed by atoms with Gasteiger partial charge in [0.2, 0.25) is 0 Å². The van der Waals surface area contributed by atoms with E-state index in [1.807, 2.05) is 0 Å². The third kappa shape index (κ3) is 3.86. The van der Waals surface area contributed by atoms with Crippen molar-refractivity contribution in [1.29, 1.82) is 0 Å². The standard InChI is InChI=1S/C15H15N5O3S2/c1-10-13(9-20(2)18-10)14(21)17-11-3-5-12(6-4-11)25(22,23)19-15-16-7-8-24-15/h3-9H,1-2H3,(H,16,19)(H,17,21). The number of carbonyl (C=O) groups excluding carboxylic acids is 1. The predicted octanol–water partition coefficient (Wildman–Crippen LogP) is 2.24. The predicted molar refractivity (Wildman–Crippen MR) is 95.3 cm³/mol. The van der Waals surface area contributed by atoms with Crippen molar-refractivity contribution in [2.24, 2.45) is 7.05 Å². The summed E-state index contributed by atoms with van der Waals surface area (Å²) in [6.07, 6.45) is 3.14. The van der Waals surface area contributed by atoms with Crippen molar-refractivity contribution in [3.05, 3.63) is 53.3 Å². The molecule has 0 unspecified atom stereocenters. The summed E-state index contributed by atoms with van der Waals surface area (Å²) >= 11 is 1.19. The van der Waals surface area contributed by atoms with Crippen LogP contribution in [0.3, 0.4) is 0 Å². The van der Waals surface area contributed by atoms with Crippen LogP contribution in [0.1, 0.15) is 16.1 Å². The summed E-state index contributed by atoms with van der Waals surface area (Å²) in [4.78, 5) is 16.2. The third-order valence-electron chi connectivity index (χ3n) is 3.33. The maximum atomic E-state index is 12.3. The Balaban J connectivity index is 1.74. The van der Waals surface area contributed by atoms with Gasteiger partial charge in [0.25, 0.3) is 15.9 Å². The van der Waals surface area contributed by atoms with Gasteiger partial charge in [0.05, 0.1) is 16.2 Å². The quantitative estimate of drug-likeness (QED) is 0.709. The molecule has 0 aliphatic rings. The van der Waals surface area contributed by atoms with Gasteiger partial charge in [0, 0.05) is 30.5 Å². The van der Waals surface area contributed by atoms with Crippen LogP contribution in [0.4, 0.5) is 10.8 Å². The molecule has 25 heavy (non-hydrogen) atoms. The number of aryl methyl sites for hydroxylation is 2. The molecule has 0 radical (unpaired) electrons. The molecular formula is C15H15N5O3S2. The van der Waals surface area contributed by atoms with E-state index in [0.717, 1.165) is 0 Å². The molecular weight excluding hydrogens is 362 g/mol. The molecule has 10 heteroatoms. The summed E-state index contributed by atoms with van der Waals surface area (Å²) in [7, 11) is -1.98. The largest absolute Gasteiger partial charge is 0.322 e. The van der Waals surface area contributed by atoms with Crippen molar-refractivity contribution in [3.63, 3.8) is 0 Å². The summed E-state index contributed by atoms with van der Waals surface area (Å²) in [6, 6.07) is 5.89. The number of thiazole rings is 1. The van der Waals surface area contributed by atoms with Crippen LogP contribution in [-0.4, -0.2) is 29.1 Å². The van der Waals surface area contributed by atoms with Crippen molar-refractivity contribution in [2.75, 3.05) is 10.0 Å². The van der Waals surface area contributed by atoms with Crippen molar-refractivity contribution in [2.45, 2.75) is 11.8 Å². The Hall–Kier alpha value is -2.72. The summed E-state index contributed by atoms with van der Waals surface area (Å²) in [5.74, 6) is -0.304. The molecule has 8 nitrogen and oxygen atoms in total. The van der Waals surface area contributed by atoms with Crippen molar-refractivity contribution in [3.8, 4) is 0 Å². The molecule has 0 aliphatic heterocycles. The Bertz CT molecular complexity index is 992. The molecule has 0 atom stereocenters. The zero-order chi connectivity index (χ0) is 18.0. The Morgan fingerprint density at radius 2 is 1.96 bits per heavy atom. The van der Waals surface area contributed by atoms with Gasteiger partial charge in [0.15, 0.2) is 5.13 Å². The summed E-state index contributed by atoms with van der Waals surface area (Å²) < 4.78 is 28.5. The van der Waals surface area contributed by atoms with E-state index < -0.39 is 10.0 Å². The molecule has 2 N–H and O–H groups in total. The molecule has 0 bridgehead atoms. The maximum absolute atomic E-state index is 12.3.